The second-order valence-corrected chi connectivity index (χ2v) is 6.63. The molecule has 1 unspecified atom stereocenters. The highest BCUT2D eigenvalue weighted by atomic mass is 16.5. The molecule has 1 atom stereocenters. The summed E-state index contributed by atoms with van der Waals surface area (Å²) < 4.78 is 16.2. The van der Waals surface area contributed by atoms with Crippen LogP contribution in [0.25, 0.3) is 11.1 Å². The lowest BCUT2D eigenvalue weighted by Crippen LogP contribution is -2.48. The van der Waals surface area contributed by atoms with Crippen molar-refractivity contribution in [3.63, 3.8) is 0 Å². The molecule has 0 heterocycles. The number of hydrogen-bond donors (Lipinski definition) is 2. The molecule has 3 rings (SSSR count). The van der Waals surface area contributed by atoms with Gasteiger partial charge in [0.15, 0.2) is 24.2 Å². The fraction of sp³-hybridized carbons (Fsp3) is 0.167. The summed E-state index contributed by atoms with van der Waals surface area (Å²) >= 11 is 0. The first kappa shape index (κ1) is 21.7. The van der Waals surface area contributed by atoms with Gasteiger partial charge in [-0.25, -0.2) is 0 Å². The third kappa shape index (κ3) is 6.24. The highest BCUT2D eigenvalue weighted by Gasteiger charge is 2.16. The molecule has 0 bridgehead atoms. The molecule has 160 valence electrons. The van der Waals surface area contributed by atoms with Gasteiger partial charge in [0.1, 0.15) is 5.75 Å². The average molecular weight is 420 g/mol. The number of carbonyl (C=O) groups excluding carboxylic acids is 2. The minimum atomic E-state index is -0.807. The molecule has 0 aliphatic rings. The second-order valence-electron chi connectivity index (χ2n) is 6.63. The number of nitrogens with one attached hydrogen (secondary N) is 2. The lowest BCUT2D eigenvalue weighted by molar-refractivity contribution is -0.133. The fourth-order valence-corrected chi connectivity index (χ4v) is 2.76. The van der Waals surface area contributed by atoms with Gasteiger partial charge in [-0.3, -0.25) is 20.4 Å². The molecular weight excluding hydrogens is 396 g/mol. The summed E-state index contributed by atoms with van der Waals surface area (Å²) in [5.74, 6) is 0.492. The Morgan fingerprint density at radius 1 is 0.806 bits per heavy atom. The molecule has 0 spiro atoms. The zero-order chi connectivity index (χ0) is 22.1. The molecule has 0 fully saturated rings. The normalized spacial score (nSPS) is 11.2. The van der Waals surface area contributed by atoms with E-state index in [0.717, 1.165) is 11.1 Å². The SMILES string of the molecule is COc1ccccc1OCC(=O)NNC(=O)C(C)Oc1ccc(-c2ccccc2)cc1. The van der Waals surface area contributed by atoms with Crippen LogP contribution in [-0.4, -0.2) is 31.6 Å². The van der Waals surface area contributed by atoms with Crippen LogP contribution in [-0.2, 0) is 9.59 Å². The third-order valence-corrected chi connectivity index (χ3v) is 4.40. The van der Waals surface area contributed by atoms with Gasteiger partial charge in [0.2, 0.25) is 0 Å². The molecular formula is C24H24N2O5. The number of benzene rings is 3. The van der Waals surface area contributed by atoms with Crippen molar-refractivity contribution < 1.29 is 23.8 Å². The summed E-state index contributed by atoms with van der Waals surface area (Å²) in [7, 11) is 1.51. The van der Waals surface area contributed by atoms with Gasteiger partial charge in [-0.15, -0.1) is 0 Å². The number of hydrazine groups is 1. The van der Waals surface area contributed by atoms with E-state index in [-0.39, 0.29) is 6.61 Å². The highest BCUT2D eigenvalue weighted by molar-refractivity contribution is 5.85. The van der Waals surface area contributed by atoms with E-state index in [1.807, 2.05) is 42.5 Å². The first-order valence-corrected chi connectivity index (χ1v) is 9.73. The van der Waals surface area contributed by atoms with Crippen LogP contribution in [0.1, 0.15) is 6.92 Å². The lowest BCUT2D eigenvalue weighted by atomic mass is 10.1. The van der Waals surface area contributed by atoms with Crippen molar-refractivity contribution in [2.45, 2.75) is 13.0 Å². The average Bonchev–Trinajstić information content (AvgIpc) is 2.82. The molecule has 0 saturated heterocycles. The zero-order valence-corrected chi connectivity index (χ0v) is 17.3. The standard InChI is InChI=1S/C24H24N2O5/c1-17(31-20-14-12-19(13-15-20)18-8-4-3-5-9-18)24(28)26-25-23(27)16-30-22-11-7-6-10-21(22)29-2/h3-15,17H,16H2,1-2H3,(H,25,27)(H,26,28). The minimum Gasteiger partial charge on any atom is -0.493 e. The fourth-order valence-electron chi connectivity index (χ4n) is 2.76. The second kappa shape index (κ2) is 10.7. The van der Waals surface area contributed by atoms with Gasteiger partial charge >= 0.3 is 0 Å². The van der Waals surface area contributed by atoms with E-state index >= 15 is 0 Å². The van der Waals surface area contributed by atoms with E-state index in [9.17, 15) is 9.59 Å². The Hall–Kier alpha value is -4.00. The molecule has 7 nitrogen and oxygen atoms in total. The van der Waals surface area contributed by atoms with Crippen LogP contribution in [0.2, 0.25) is 0 Å². The van der Waals surface area contributed by atoms with E-state index < -0.39 is 17.9 Å². The number of para-hydroxylation sites is 2. The van der Waals surface area contributed by atoms with Crippen LogP contribution in [0.15, 0.2) is 78.9 Å². The van der Waals surface area contributed by atoms with E-state index in [0.29, 0.717) is 17.2 Å². The van der Waals surface area contributed by atoms with E-state index in [4.69, 9.17) is 14.2 Å². The van der Waals surface area contributed by atoms with Crippen LogP contribution >= 0.6 is 0 Å². The van der Waals surface area contributed by atoms with Crippen LogP contribution in [0.5, 0.6) is 17.2 Å². The smallest absolute Gasteiger partial charge is 0.279 e. The maximum absolute atomic E-state index is 12.2. The van der Waals surface area contributed by atoms with Crippen molar-refractivity contribution >= 4 is 11.8 Å². The Bertz CT molecular complexity index is 1010. The van der Waals surface area contributed by atoms with Crippen LogP contribution in [0.3, 0.4) is 0 Å². The maximum atomic E-state index is 12.2. The van der Waals surface area contributed by atoms with E-state index in [2.05, 4.69) is 10.9 Å². The van der Waals surface area contributed by atoms with E-state index in [1.165, 1.54) is 7.11 Å². The topological polar surface area (TPSA) is 85.9 Å². The van der Waals surface area contributed by atoms with Gasteiger partial charge in [-0.05, 0) is 42.3 Å². The number of carbonyl (C=O) groups is 2. The van der Waals surface area contributed by atoms with Crippen molar-refractivity contribution in [2.24, 2.45) is 0 Å². The quantitative estimate of drug-likeness (QED) is 0.546. The van der Waals surface area contributed by atoms with Crippen molar-refractivity contribution in [1.82, 2.24) is 10.9 Å². The van der Waals surface area contributed by atoms with Crippen molar-refractivity contribution in [1.29, 1.82) is 0 Å². The van der Waals surface area contributed by atoms with Crippen LogP contribution < -0.4 is 25.1 Å². The molecule has 0 aliphatic carbocycles. The molecule has 0 aromatic heterocycles. The largest absolute Gasteiger partial charge is 0.493 e. The van der Waals surface area contributed by atoms with Gasteiger partial charge in [-0.2, -0.15) is 0 Å². The maximum Gasteiger partial charge on any atom is 0.279 e. The number of ether oxygens (including phenoxy) is 3. The van der Waals surface area contributed by atoms with Crippen molar-refractivity contribution in [3.05, 3.63) is 78.9 Å². The van der Waals surface area contributed by atoms with Gasteiger partial charge in [0, 0.05) is 0 Å². The van der Waals surface area contributed by atoms with Crippen LogP contribution in [0.4, 0.5) is 0 Å². The molecule has 0 radical (unpaired) electrons. The van der Waals surface area contributed by atoms with E-state index in [1.54, 1.807) is 43.3 Å². The third-order valence-electron chi connectivity index (χ3n) is 4.40. The molecule has 7 heteroatoms. The summed E-state index contributed by atoms with van der Waals surface area (Å²) in [5, 5.41) is 0. The Kier molecular flexibility index (Phi) is 7.48. The predicted octanol–water partition coefficient (Wildman–Crippen LogP) is 3.36. The Morgan fingerprint density at radius 3 is 2.10 bits per heavy atom. The first-order chi connectivity index (χ1) is 15.1. The van der Waals surface area contributed by atoms with Gasteiger partial charge in [-0.1, -0.05) is 54.6 Å². The predicted molar refractivity (Wildman–Crippen MR) is 117 cm³/mol. The Morgan fingerprint density at radius 2 is 1.42 bits per heavy atom. The molecule has 3 aromatic rings. The first-order valence-electron chi connectivity index (χ1n) is 9.73. The molecule has 31 heavy (non-hydrogen) atoms. The summed E-state index contributed by atoms with van der Waals surface area (Å²) in [5.41, 5.74) is 6.78. The Balaban J connectivity index is 1.44. The summed E-state index contributed by atoms with van der Waals surface area (Å²) in [6.07, 6.45) is -0.807. The van der Waals surface area contributed by atoms with Crippen molar-refractivity contribution in [3.8, 4) is 28.4 Å². The molecule has 2 N–H and O–H groups in total. The number of methoxy groups -OCH3 is 1. The summed E-state index contributed by atoms with van der Waals surface area (Å²) in [6, 6.07) is 24.4. The summed E-state index contributed by atoms with van der Waals surface area (Å²) in [4.78, 5) is 24.1. The Labute approximate surface area is 180 Å². The lowest BCUT2D eigenvalue weighted by Gasteiger charge is -2.16. The minimum absolute atomic E-state index is 0.281. The number of amides is 2. The zero-order valence-electron chi connectivity index (χ0n) is 17.3. The molecule has 0 saturated carbocycles. The van der Waals surface area contributed by atoms with Crippen molar-refractivity contribution in [2.75, 3.05) is 13.7 Å². The molecule has 3 aromatic carbocycles. The van der Waals surface area contributed by atoms with Gasteiger partial charge in [0.25, 0.3) is 11.8 Å². The van der Waals surface area contributed by atoms with Gasteiger partial charge < -0.3 is 14.2 Å². The molecule has 2 amide bonds. The van der Waals surface area contributed by atoms with Gasteiger partial charge in [0.05, 0.1) is 7.11 Å². The van der Waals surface area contributed by atoms with Crippen LogP contribution in [0, 0.1) is 0 Å². The number of hydrogen-bond acceptors (Lipinski definition) is 5. The monoisotopic (exact) mass is 420 g/mol. The number of rotatable bonds is 8. The molecule has 0 aliphatic heterocycles. The highest BCUT2D eigenvalue weighted by Crippen LogP contribution is 2.25. The summed E-state index contributed by atoms with van der Waals surface area (Å²) in [6.45, 7) is 1.31.